The summed E-state index contributed by atoms with van der Waals surface area (Å²) in [5.74, 6) is 1.62. The SMILES string of the molecule is CCc1nc2sc([C@@H](c3ccco3)N3CCC(O)CC3)c(O)n2n1. The molecule has 0 saturated carbocycles. The van der Waals surface area contributed by atoms with Gasteiger partial charge in [0.05, 0.1) is 17.2 Å². The predicted molar refractivity (Wildman–Crippen MR) is 89.3 cm³/mol. The predicted octanol–water partition coefficient (Wildman–Crippen LogP) is 2.20. The van der Waals surface area contributed by atoms with Crippen molar-refractivity contribution in [3.63, 3.8) is 0 Å². The summed E-state index contributed by atoms with van der Waals surface area (Å²) in [5, 5.41) is 24.8. The number of nitrogens with zero attached hydrogens (tertiary/aromatic N) is 4. The zero-order valence-corrected chi connectivity index (χ0v) is 14.2. The maximum atomic E-state index is 10.7. The van der Waals surface area contributed by atoms with Gasteiger partial charge >= 0.3 is 0 Å². The fourth-order valence-electron chi connectivity index (χ4n) is 3.18. The van der Waals surface area contributed by atoms with Gasteiger partial charge in [0.25, 0.3) is 0 Å². The highest BCUT2D eigenvalue weighted by molar-refractivity contribution is 7.17. The fraction of sp³-hybridized carbons (Fsp3) is 0.500. The minimum atomic E-state index is -0.249. The number of likely N-dealkylation sites (tertiary alicyclic amines) is 1. The van der Waals surface area contributed by atoms with Crippen LogP contribution >= 0.6 is 11.3 Å². The molecule has 0 aliphatic carbocycles. The Morgan fingerprint density at radius 1 is 1.42 bits per heavy atom. The Morgan fingerprint density at radius 3 is 2.83 bits per heavy atom. The highest BCUT2D eigenvalue weighted by atomic mass is 32.1. The molecule has 1 saturated heterocycles. The first-order valence-electron chi connectivity index (χ1n) is 8.20. The molecule has 0 unspecified atom stereocenters. The summed E-state index contributed by atoms with van der Waals surface area (Å²) in [6, 6.07) is 3.58. The highest BCUT2D eigenvalue weighted by Crippen LogP contribution is 2.40. The largest absolute Gasteiger partial charge is 0.492 e. The number of piperidine rings is 1. The molecule has 1 atom stereocenters. The van der Waals surface area contributed by atoms with E-state index in [2.05, 4.69) is 15.0 Å². The minimum absolute atomic E-state index is 0.120. The van der Waals surface area contributed by atoms with E-state index in [9.17, 15) is 10.2 Å². The number of aliphatic hydroxyl groups is 1. The van der Waals surface area contributed by atoms with Gasteiger partial charge in [0.2, 0.25) is 10.8 Å². The van der Waals surface area contributed by atoms with Crippen molar-refractivity contribution in [3.05, 3.63) is 34.9 Å². The molecule has 8 heteroatoms. The highest BCUT2D eigenvalue weighted by Gasteiger charge is 2.33. The zero-order chi connectivity index (χ0) is 16.7. The van der Waals surface area contributed by atoms with Crippen LogP contribution in [0.25, 0.3) is 4.96 Å². The third-order valence-electron chi connectivity index (χ3n) is 4.49. The summed E-state index contributed by atoms with van der Waals surface area (Å²) in [7, 11) is 0. The molecule has 3 aromatic rings. The standard InChI is InChI=1S/C16H20N4O3S/c1-2-12-17-16-20(18-12)15(22)14(24-16)13(11-4-3-9-23-11)19-7-5-10(21)6-8-19/h3-4,9-10,13,21-22H,2,5-8H2,1H3/t13-/m1/s1. The van der Waals surface area contributed by atoms with Crippen molar-refractivity contribution in [1.29, 1.82) is 0 Å². The molecule has 2 N–H and O–H groups in total. The second-order valence-corrected chi connectivity index (χ2v) is 7.06. The third-order valence-corrected chi connectivity index (χ3v) is 5.56. The average molecular weight is 348 g/mol. The number of hydrogen-bond acceptors (Lipinski definition) is 7. The summed E-state index contributed by atoms with van der Waals surface area (Å²) in [4.78, 5) is 8.15. The second kappa shape index (κ2) is 6.19. The first-order chi connectivity index (χ1) is 11.7. The Balaban J connectivity index is 1.76. The molecule has 1 aliphatic heterocycles. The molecule has 24 heavy (non-hydrogen) atoms. The average Bonchev–Trinajstić information content (AvgIpc) is 3.29. The van der Waals surface area contributed by atoms with Crippen LogP contribution in [-0.2, 0) is 6.42 Å². The van der Waals surface area contributed by atoms with Gasteiger partial charge in [0, 0.05) is 19.5 Å². The van der Waals surface area contributed by atoms with E-state index in [1.165, 1.54) is 15.9 Å². The first kappa shape index (κ1) is 15.6. The number of furan rings is 1. The zero-order valence-electron chi connectivity index (χ0n) is 13.4. The maximum absolute atomic E-state index is 10.7. The molecular weight excluding hydrogens is 328 g/mol. The van der Waals surface area contributed by atoms with E-state index in [-0.39, 0.29) is 18.0 Å². The molecule has 128 valence electrons. The lowest BCUT2D eigenvalue weighted by atomic mass is 10.0. The van der Waals surface area contributed by atoms with E-state index >= 15 is 0 Å². The van der Waals surface area contributed by atoms with Crippen LogP contribution in [0.5, 0.6) is 5.88 Å². The van der Waals surface area contributed by atoms with Crippen LogP contribution < -0.4 is 0 Å². The fourth-order valence-corrected chi connectivity index (χ4v) is 4.30. The van der Waals surface area contributed by atoms with Crippen LogP contribution in [0.3, 0.4) is 0 Å². The van der Waals surface area contributed by atoms with Crippen molar-refractivity contribution in [3.8, 4) is 5.88 Å². The van der Waals surface area contributed by atoms with Gasteiger partial charge in [-0.15, -0.1) is 5.10 Å². The van der Waals surface area contributed by atoms with Crippen LogP contribution in [0.4, 0.5) is 0 Å². The van der Waals surface area contributed by atoms with Crippen LogP contribution in [0.15, 0.2) is 22.8 Å². The van der Waals surface area contributed by atoms with E-state index in [0.29, 0.717) is 4.96 Å². The summed E-state index contributed by atoms with van der Waals surface area (Å²) < 4.78 is 7.15. The normalized spacial score (nSPS) is 18.4. The summed E-state index contributed by atoms with van der Waals surface area (Å²) in [6.45, 7) is 3.49. The molecule has 0 spiro atoms. The van der Waals surface area contributed by atoms with Crippen molar-refractivity contribution in [2.24, 2.45) is 0 Å². The summed E-state index contributed by atoms with van der Waals surface area (Å²) in [5.41, 5.74) is 0. The van der Waals surface area contributed by atoms with Crippen LogP contribution in [0.1, 0.15) is 42.3 Å². The molecule has 1 fully saturated rings. The number of hydrogen-bond donors (Lipinski definition) is 2. The van der Waals surface area contributed by atoms with Crippen molar-refractivity contribution in [1.82, 2.24) is 19.5 Å². The molecule has 3 aromatic heterocycles. The smallest absolute Gasteiger partial charge is 0.230 e. The van der Waals surface area contributed by atoms with Gasteiger partial charge in [-0.3, -0.25) is 4.90 Å². The number of rotatable bonds is 4. The monoisotopic (exact) mass is 348 g/mol. The van der Waals surface area contributed by atoms with Crippen molar-refractivity contribution in [2.75, 3.05) is 13.1 Å². The Morgan fingerprint density at radius 2 is 2.21 bits per heavy atom. The van der Waals surface area contributed by atoms with Gasteiger partial charge < -0.3 is 14.6 Å². The van der Waals surface area contributed by atoms with Gasteiger partial charge in [-0.05, 0) is 25.0 Å². The molecule has 1 aliphatic rings. The number of aromatic hydroxyl groups is 1. The van der Waals surface area contributed by atoms with Crippen molar-refractivity contribution in [2.45, 2.75) is 38.3 Å². The summed E-state index contributed by atoms with van der Waals surface area (Å²) in [6.07, 6.45) is 3.57. The van der Waals surface area contributed by atoms with Crippen LogP contribution in [0.2, 0.25) is 0 Å². The maximum Gasteiger partial charge on any atom is 0.230 e. The number of aromatic nitrogens is 3. The molecule has 7 nitrogen and oxygen atoms in total. The Hall–Kier alpha value is -1.90. The molecule has 4 rings (SSSR count). The Bertz CT molecular complexity index is 818. The van der Waals surface area contributed by atoms with E-state index in [4.69, 9.17) is 4.42 Å². The van der Waals surface area contributed by atoms with E-state index in [1.807, 2.05) is 19.1 Å². The minimum Gasteiger partial charge on any atom is -0.492 e. The van der Waals surface area contributed by atoms with Gasteiger partial charge in [0.1, 0.15) is 11.8 Å². The molecule has 0 aromatic carbocycles. The van der Waals surface area contributed by atoms with E-state index < -0.39 is 0 Å². The Labute approximate surface area is 143 Å². The van der Waals surface area contributed by atoms with Crippen LogP contribution in [0, 0.1) is 0 Å². The van der Waals surface area contributed by atoms with Gasteiger partial charge in [-0.25, -0.2) is 4.98 Å². The quantitative estimate of drug-likeness (QED) is 0.752. The first-order valence-corrected chi connectivity index (χ1v) is 9.01. The second-order valence-electron chi connectivity index (χ2n) is 6.05. The topological polar surface area (TPSA) is 87.0 Å². The van der Waals surface area contributed by atoms with E-state index in [0.717, 1.165) is 48.8 Å². The lowest BCUT2D eigenvalue weighted by Crippen LogP contribution is -2.38. The number of aliphatic hydroxyl groups excluding tert-OH is 1. The number of thiazole rings is 1. The van der Waals surface area contributed by atoms with Crippen molar-refractivity contribution >= 4 is 16.3 Å². The number of aryl methyl sites for hydroxylation is 1. The molecule has 4 heterocycles. The summed E-state index contributed by atoms with van der Waals surface area (Å²) >= 11 is 1.44. The molecule has 0 amide bonds. The van der Waals surface area contributed by atoms with E-state index in [1.54, 1.807) is 6.26 Å². The van der Waals surface area contributed by atoms with Gasteiger partial charge in [-0.1, -0.05) is 18.3 Å². The molecule has 0 bridgehead atoms. The molecule has 0 radical (unpaired) electrons. The van der Waals surface area contributed by atoms with Crippen molar-refractivity contribution < 1.29 is 14.6 Å². The lowest BCUT2D eigenvalue weighted by molar-refractivity contribution is 0.0644. The van der Waals surface area contributed by atoms with Gasteiger partial charge in [-0.2, -0.15) is 4.52 Å². The third kappa shape index (κ3) is 2.60. The molecular formula is C16H20N4O3S. The number of fused-ring (bicyclic) bond motifs is 1. The van der Waals surface area contributed by atoms with Gasteiger partial charge in [0.15, 0.2) is 5.82 Å². The van der Waals surface area contributed by atoms with Crippen LogP contribution in [-0.4, -0.2) is 48.9 Å². The lowest BCUT2D eigenvalue weighted by Gasteiger charge is -2.34. The Kier molecular flexibility index (Phi) is 4.03.